The Morgan fingerprint density at radius 3 is 2.57 bits per heavy atom. The number of anilines is 1. The van der Waals surface area contributed by atoms with Crippen LogP contribution >= 0.6 is 22.7 Å². The van der Waals surface area contributed by atoms with Gasteiger partial charge < -0.3 is 19.7 Å². The number of aryl methyl sites for hydroxylation is 1. The van der Waals surface area contributed by atoms with Crippen LogP contribution in [0, 0.1) is 12.3 Å². The van der Waals surface area contributed by atoms with Gasteiger partial charge in [0.25, 0.3) is 5.91 Å². The SMILES string of the molecule is COCCN(Cc1cccs1)C(=O)COC(=O)c1sc(NC(=O)C(C)(C)C)cc1C. The quantitative estimate of drug-likeness (QED) is 0.583. The fourth-order valence-corrected chi connectivity index (χ4v) is 4.09. The zero-order chi connectivity index (χ0) is 22.3. The molecule has 0 aliphatic heterocycles. The van der Waals surface area contributed by atoms with Crippen molar-refractivity contribution in [3.05, 3.63) is 38.9 Å². The molecule has 0 radical (unpaired) electrons. The summed E-state index contributed by atoms with van der Waals surface area (Å²) in [6.45, 7) is 8.10. The minimum absolute atomic E-state index is 0.138. The van der Waals surface area contributed by atoms with Gasteiger partial charge in [0.2, 0.25) is 5.91 Å². The van der Waals surface area contributed by atoms with Gasteiger partial charge in [-0.1, -0.05) is 26.8 Å². The first-order chi connectivity index (χ1) is 14.1. The molecule has 0 aliphatic rings. The van der Waals surface area contributed by atoms with E-state index < -0.39 is 11.4 Å². The van der Waals surface area contributed by atoms with E-state index in [-0.39, 0.29) is 18.4 Å². The molecule has 0 aromatic carbocycles. The van der Waals surface area contributed by atoms with Gasteiger partial charge in [-0.15, -0.1) is 22.7 Å². The molecular formula is C21H28N2O5S2. The summed E-state index contributed by atoms with van der Waals surface area (Å²) in [6, 6.07) is 5.61. The molecule has 0 fully saturated rings. The number of methoxy groups -OCH3 is 1. The summed E-state index contributed by atoms with van der Waals surface area (Å²) >= 11 is 2.70. The second-order valence-electron chi connectivity index (χ2n) is 7.79. The van der Waals surface area contributed by atoms with Crippen molar-refractivity contribution in [1.82, 2.24) is 4.90 Å². The van der Waals surface area contributed by atoms with E-state index in [1.807, 2.05) is 38.3 Å². The highest BCUT2D eigenvalue weighted by Crippen LogP contribution is 2.29. The Balaban J connectivity index is 1.97. The molecule has 164 valence electrons. The van der Waals surface area contributed by atoms with Crippen LogP contribution in [-0.2, 0) is 25.6 Å². The molecule has 1 N–H and O–H groups in total. The number of esters is 1. The highest BCUT2D eigenvalue weighted by molar-refractivity contribution is 7.18. The Morgan fingerprint density at radius 1 is 1.23 bits per heavy atom. The highest BCUT2D eigenvalue weighted by atomic mass is 32.1. The Bertz CT molecular complexity index is 869. The predicted octanol–water partition coefficient (Wildman–Crippen LogP) is 3.93. The normalized spacial score (nSPS) is 11.2. The molecule has 0 atom stereocenters. The molecule has 2 heterocycles. The summed E-state index contributed by atoms with van der Waals surface area (Å²) in [5, 5.41) is 5.34. The summed E-state index contributed by atoms with van der Waals surface area (Å²) in [6.07, 6.45) is 0. The Labute approximate surface area is 185 Å². The van der Waals surface area contributed by atoms with E-state index in [0.29, 0.717) is 35.1 Å². The number of ether oxygens (including phenoxy) is 2. The standard InChI is InChI=1S/C21H28N2O5S2/c1-14-11-16(22-20(26)21(2,3)4)30-18(14)19(25)28-13-17(24)23(8-9-27-5)12-15-7-6-10-29-15/h6-7,10-11H,8-9,12-13H2,1-5H3,(H,22,26). The monoisotopic (exact) mass is 452 g/mol. The maximum absolute atomic E-state index is 12.6. The summed E-state index contributed by atoms with van der Waals surface area (Å²) < 4.78 is 10.3. The summed E-state index contributed by atoms with van der Waals surface area (Å²) in [4.78, 5) is 40.3. The lowest BCUT2D eigenvalue weighted by Crippen LogP contribution is -2.36. The van der Waals surface area contributed by atoms with E-state index in [1.54, 1.807) is 36.3 Å². The Kier molecular flexibility index (Phi) is 8.57. The maximum atomic E-state index is 12.6. The van der Waals surface area contributed by atoms with Crippen LogP contribution in [-0.4, -0.2) is 49.6 Å². The molecule has 0 saturated heterocycles. The number of carbonyl (C=O) groups excluding carboxylic acids is 3. The second-order valence-corrected chi connectivity index (χ2v) is 9.87. The van der Waals surface area contributed by atoms with Crippen LogP contribution < -0.4 is 5.32 Å². The van der Waals surface area contributed by atoms with Crippen molar-refractivity contribution >= 4 is 45.5 Å². The van der Waals surface area contributed by atoms with Gasteiger partial charge in [-0.25, -0.2) is 4.79 Å². The number of nitrogens with one attached hydrogen (secondary N) is 1. The first-order valence-corrected chi connectivity index (χ1v) is 11.2. The highest BCUT2D eigenvalue weighted by Gasteiger charge is 2.24. The van der Waals surface area contributed by atoms with Gasteiger partial charge in [0.15, 0.2) is 6.61 Å². The van der Waals surface area contributed by atoms with Gasteiger partial charge in [0.1, 0.15) is 4.88 Å². The first kappa shape index (κ1) is 24.0. The molecule has 0 saturated carbocycles. The van der Waals surface area contributed by atoms with Gasteiger partial charge >= 0.3 is 5.97 Å². The maximum Gasteiger partial charge on any atom is 0.349 e. The number of nitrogens with zero attached hydrogens (tertiary/aromatic N) is 1. The fourth-order valence-electron chi connectivity index (χ4n) is 2.41. The molecule has 2 aromatic heterocycles. The van der Waals surface area contributed by atoms with Crippen molar-refractivity contribution in [3.63, 3.8) is 0 Å². The van der Waals surface area contributed by atoms with E-state index in [1.165, 1.54) is 0 Å². The molecular weight excluding hydrogens is 424 g/mol. The van der Waals surface area contributed by atoms with Crippen molar-refractivity contribution in [2.75, 3.05) is 32.2 Å². The van der Waals surface area contributed by atoms with Crippen molar-refractivity contribution < 1.29 is 23.9 Å². The topological polar surface area (TPSA) is 84.9 Å². The lowest BCUT2D eigenvalue weighted by Gasteiger charge is -2.21. The van der Waals surface area contributed by atoms with Gasteiger partial charge in [0.05, 0.1) is 18.2 Å². The lowest BCUT2D eigenvalue weighted by molar-refractivity contribution is -0.135. The van der Waals surface area contributed by atoms with Crippen LogP contribution in [0.2, 0.25) is 0 Å². The molecule has 0 spiro atoms. The number of rotatable bonds is 9. The minimum Gasteiger partial charge on any atom is -0.451 e. The van der Waals surface area contributed by atoms with Crippen molar-refractivity contribution in [2.45, 2.75) is 34.2 Å². The number of thiophene rings is 2. The molecule has 30 heavy (non-hydrogen) atoms. The van der Waals surface area contributed by atoms with Crippen molar-refractivity contribution in [2.24, 2.45) is 5.41 Å². The van der Waals surface area contributed by atoms with Crippen LogP contribution in [0.15, 0.2) is 23.6 Å². The molecule has 0 unspecified atom stereocenters. The summed E-state index contributed by atoms with van der Waals surface area (Å²) in [5.41, 5.74) is 0.149. The van der Waals surface area contributed by atoms with Crippen LogP contribution in [0.1, 0.15) is 40.9 Å². The third-order valence-electron chi connectivity index (χ3n) is 4.19. The van der Waals surface area contributed by atoms with E-state index in [0.717, 1.165) is 16.2 Å². The van der Waals surface area contributed by atoms with Crippen LogP contribution in [0.25, 0.3) is 0 Å². The van der Waals surface area contributed by atoms with Gasteiger partial charge in [-0.05, 0) is 30.0 Å². The lowest BCUT2D eigenvalue weighted by atomic mass is 9.96. The van der Waals surface area contributed by atoms with E-state index in [4.69, 9.17) is 9.47 Å². The molecule has 2 aromatic rings. The number of hydrogen-bond donors (Lipinski definition) is 1. The van der Waals surface area contributed by atoms with Crippen molar-refractivity contribution in [1.29, 1.82) is 0 Å². The van der Waals surface area contributed by atoms with Gasteiger partial charge in [-0.2, -0.15) is 0 Å². The Morgan fingerprint density at radius 2 is 1.97 bits per heavy atom. The van der Waals surface area contributed by atoms with E-state index >= 15 is 0 Å². The molecule has 7 nitrogen and oxygen atoms in total. The third-order valence-corrected chi connectivity index (χ3v) is 6.19. The average Bonchev–Trinajstić information content (AvgIpc) is 3.31. The smallest absolute Gasteiger partial charge is 0.349 e. The van der Waals surface area contributed by atoms with Crippen LogP contribution in [0.4, 0.5) is 5.00 Å². The fraction of sp³-hybridized carbons (Fsp3) is 0.476. The molecule has 0 bridgehead atoms. The van der Waals surface area contributed by atoms with Crippen LogP contribution in [0.5, 0.6) is 0 Å². The minimum atomic E-state index is -0.579. The summed E-state index contributed by atoms with van der Waals surface area (Å²) in [5.74, 6) is -1.00. The zero-order valence-electron chi connectivity index (χ0n) is 17.9. The van der Waals surface area contributed by atoms with Gasteiger partial charge in [-0.3, -0.25) is 9.59 Å². The predicted molar refractivity (Wildman–Crippen MR) is 119 cm³/mol. The third kappa shape index (κ3) is 6.93. The number of carbonyl (C=O) groups is 3. The second kappa shape index (κ2) is 10.7. The van der Waals surface area contributed by atoms with Gasteiger partial charge in [0, 0.05) is 23.9 Å². The summed E-state index contributed by atoms with van der Waals surface area (Å²) in [7, 11) is 1.57. The van der Waals surface area contributed by atoms with Crippen molar-refractivity contribution in [3.8, 4) is 0 Å². The first-order valence-electron chi connectivity index (χ1n) is 9.50. The number of hydrogen-bond acceptors (Lipinski definition) is 7. The zero-order valence-corrected chi connectivity index (χ0v) is 19.6. The Hall–Kier alpha value is -2.23. The van der Waals surface area contributed by atoms with E-state index in [9.17, 15) is 14.4 Å². The molecule has 2 amide bonds. The molecule has 9 heteroatoms. The van der Waals surface area contributed by atoms with Crippen LogP contribution in [0.3, 0.4) is 0 Å². The molecule has 2 rings (SSSR count). The number of amides is 2. The molecule has 0 aliphatic carbocycles. The van der Waals surface area contributed by atoms with E-state index in [2.05, 4.69) is 5.32 Å². The average molecular weight is 453 g/mol. The largest absolute Gasteiger partial charge is 0.451 e.